The van der Waals surface area contributed by atoms with Crippen molar-refractivity contribution in [2.75, 3.05) is 16.9 Å². The lowest BCUT2D eigenvalue weighted by Crippen LogP contribution is -2.30. The molecule has 5 nitrogen and oxygen atoms in total. The van der Waals surface area contributed by atoms with E-state index in [9.17, 15) is 9.18 Å². The van der Waals surface area contributed by atoms with Gasteiger partial charge in [0.1, 0.15) is 5.82 Å². The summed E-state index contributed by atoms with van der Waals surface area (Å²) in [6.45, 7) is 2.34. The highest BCUT2D eigenvalue weighted by Gasteiger charge is 2.27. The van der Waals surface area contributed by atoms with Gasteiger partial charge in [-0.25, -0.2) is 4.39 Å². The van der Waals surface area contributed by atoms with E-state index in [1.54, 1.807) is 17.0 Å². The van der Waals surface area contributed by atoms with Crippen molar-refractivity contribution >= 4 is 17.3 Å². The number of hydrogen-bond acceptors (Lipinski definition) is 4. The van der Waals surface area contributed by atoms with Gasteiger partial charge in [0.15, 0.2) is 0 Å². The standard InChI is InChI=1S/C15H15FN4O/c1-9-6-13(19-17)12(8-18-9)15(21)20-5-4-10-2-3-11(16)7-14(10)20/h2-3,6-8H,4-5,17H2,1H3,(H,18,19). The van der Waals surface area contributed by atoms with Crippen LogP contribution in [0.1, 0.15) is 21.6 Å². The Morgan fingerprint density at radius 1 is 1.43 bits per heavy atom. The number of nitrogen functional groups attached to an aromatic ring is 1. The molecule has 1 aromatic carbocycles. The van der Waals surface area contributed by atoms with Crippen molar-refractivity contribution in [2.24, 2.45) is 5.84 Å². The van der Waals surface area contributed by atoms with E-state index in [1.807, 2.05) is 6.92 Å². The number of hydrazine groups is 1. The molecule has 6 heteroatoms. The molecule has 0 radical (unpaired) electrons. The molecule has 0 saturated heterocycles. The Morgan fingerprint density at radius 2 is 2.24 bits per heavy atom. The SMILES string of the molecule is Cc1cc(NN)c(C(=O)N2CCc3ccc(F)cc32)cn1. The molecule has 2 aromatic rings. The number of hydrogen-bond donors (Lipinski definition) is 2. The number of anilines is 2. The summed E-state index contributed by atoms with van der Waals surface area (Å²) in [6, 6.07) is 6.22. The summed E-state index contributed by atoms with van der Waals surface area (Å²) < 4.78 is 13.4. The number of pyridine rings is 1. The first-order chi connectivity index (χ1) is 10.1. The van der Waals surface area contributed by atoms with Crippen molar-refractivity contribution in [3.05, 3.63) is 53.1 Å². The van der Waals surface area contributed by atoms with Crippen molar-refractivity contribution in [3.8, 4) is 0 Å². The quantitative estimate of drug-likeness (QED) is 0.654. The van der Waals surface area contributed by atoms with Crippen LogP contribution in [0.15, 0.2) is 30.5 Å². The number of carbonyl (C=O) groups is 1. The summed E-state index contributed by atoms with van der Waals surface area (Å²) in [6.07, 6.45) is 2.20. The van der Waals surface area contributed by atoms with Crippen LogP contribution in [-0.2, 0) is 6.42 Å². The lowest BCUT2D eigenvalue weighted by atomic mass is 10.1. The number of nitrogens with two attached hydrogens (primary N) is 1. The van der Waals surface area contributed by atoms with Gasteiger partial charge in [-0.2, -0.15) is 0 Å². The Bertz CT molecular complexity index is 717. The summed E-state index contributed by atoms with van der Waals surface area (Å²) in [4.78, 5) is 18.4. The lowest BCUT2D eigenvalue weighted by molar-refractivity contribution is 0.0990. The van der Waals surface area contributed by atoms with Crippen LogP contribution in [0, 0.1) is 12.7 Å². The first-order valence-electron chi connectivity index (χ1n) is 6.63. The van der Waals surface area contributed by atoms with Crippen LogP contribution < -0.4 is 16.2 Å². The first-order valence-corrected chi connectivity index (χ1v) is 6.63. The number of amides is 1. The summed E-state index contributed by atoms with van der Waals surface area (Å²) >= 11 is 0. The maximum Gasteiger partial charge on any atom is 0.262 e. The normalized spacial score (nSPS) is 13.2. The molecule has 1 amide bonds. The van der Waals surface area contributed by atoms with Crippen LogP contribution in [0.3, 0.4) is 0 Å². The van der Waals surface area contributed by atoms with E-state index in [-0.39, 0.29) is 11.7 Å². The number of halogens is 1. The predicted molar refractivity (Wildman–Crippen MR) is 78.6 cm³/mol. The highest BCUT2D eigenvalue weighted by atomic mass is 19.1. The van der Waals surface area contributed by atoms with Gasteiger partial charge in [0.25, 0.3) is 5.91 Å². The van der Waals surface area contributed by atoms with E-state index >= 15 is 0 Å². The molecule has 0 atom stereocenters. The largest absolute Gasteiger partial charge is 0.323 e. The maximum absolute atomic E-state index is 13.4. The molecule has 0 fully saturated rings. The van der Waals surface area contributed by atoms with E-state index in [0.717, 1.165) is 11.3 Å². The van der Waals surface area contributed by atoms with E-state index in [2.05, 4.69) is 10.4 Å². The van der Waals surface area contributed by atoms with Gasteiger partial charge >= 0.3 is 0 Å². The van der Waals surface area contributed by atoms with Gasteiger partial charge in [0, 0.05) is 18.4 Å². The highest BCUT2D eigenvalue weighted by Crippen LogP contribution is 2.31. The lowest BCUT2D eigenvalue weighted by Gasteiger charge is -2.19. The third-order valence-electron chi connectivity index (χ3n) is 3.61. The Kier molecular flexibility index (Phi) is 3.31. The molecule has 2 heterocycles. The summed E-state index contributed by atoms with van der Waals surface area (Å²) in [5.41, 5.74) is 5.74. The van der Waals surface area contributed by atoms with Crippen LogP contribution in [-0.4, -0.2) is 17.4 Å². The maximum atomic E-state index is 13.4. The predicted octanol–water partition coefficient (Wildman–Crippen LogP) is 2.02. The van der Waals surface area contributed by atoms with Crippen LogP contribution >= 0.6 is 0 Å². The molecule has 0 spiro atoms. The van der Waals surface area contributed by atoms with Crippen molar-refractivity contribution in [1.29, 1.82) is 0 Å². The van der Waals surface area contributed by atoms with Gasteiger partial charge in [-0.05, 0) is 37.1 Å². The third kappa shape index (κ3) is 2.34. The summed E-state index contributed by atoms with van der Waals surface area (Å²) in [7, 11) is 0. The van der Waals surface area contributed by atoms with Crippen LogP contribution in [0.5, 0.6) is 0 Å². The van der Waals surface area contributed by atoms with Gasteiger partial charge < -0.3 is 10.3 Å². The second kappa shape index (κ2) is 5.14. The van der Waals surface area contributed by atoms with Crippen molar-refractivity contribution in [2.45, 2.75) is 13.3 Å². The molecule has 0 bridgehead atoms. The minimum absolute atomic E-state index is 0.236. The second-order valence-electron chi connectivity index (χ2n) is 5.00. The van der Waals surface area contributed by atoms with Gasteiger partial charge in [0.2, 0.25) is 0 Å². The minimum Gasteiger partial charge on any atom is -0.323 e. The molecule has 1 aliphatic heterocycles. The van der Waals surface area contributed by atoms with Crippen LogP contribution in [0.25, 0.3) is 0 Å². The van der Waals surface area contributed by atoms with Crippen molar-refractivity contribution < 1.29 is 9.18 Å². The van der Waals surface area contributed by atoms with Gasteiger partial charge in [-0.15, -0.1) is 0 Å². The van der Waals surface area contributed by atoms with E-state index in [0.29, 0.717) is 29.9 Å². The molecule has 3 rings (SSSR count). The zero-order valence-corrected chi connectivity index (χ0v) is 11.6. The number of nitrogens with one attached hydrogen (secondary N) is 1. The fourth-order valence-corrected chi connectivity index (χ4v) is 2.56. The summed E-state index contributed by atoms with van der Waals surface area (Å²) in [5.74, 6) is 4.88. The first kappa shape index (κ1) is 13.5. The number of benzene rings is 1. The zero-order chi connectivity index (χ0) is 15.0. The number of fused-ring (bicyclic) bond motifs is 1. The minimum atomic E-state index is -0.354. The fraction of sp³-hybridized carbons (Fsp3) is 0.200. The van der Waals surface area contributed by atoms with Gasteiger partial charge in [-0.1, -0.05) is 6.07 Å². The van der Waals surface area contributed by atoms with Crippen LogP contribution in [0.2, 0.25) is 0 Å². The molecule has 1 aliphatic rings. The Labute approximate surface area is 121 Å². The average Bonchev–Trinajstić information content (AvgIpc) is 2.89. The Hall–Kier alpha value is -2.47. The topological polar surface area (TPSA) is 71.2 Å². The van der Waals surface area contributed by atoms with Crippen molar-refractivity contribution in [1.82, 2.24) is 4.98 Å². The van der Waals surface area contributed by atoms with E-state index in [4.69, 9.17) is 5.84 Å². The summed E-state index contributed by atoms with van der Waals surface area (Å²) in [5, 5.41) is 0. The number of nitrogens with zero attached hydrogens (tertiary/aromatic N) is 2. The molecule has 21 heavy (non-hydrogen) atoms. The number of rotatable bonds is 2. The number of carbonyl (C=O) groups excluding carboxylic acids is 1. The average molecular weight is 286 g/mol. The smallest absolute Gasteiger partial charge is 0.262 e. The zero-order valence-electron chi connectivity index (χ0n) is 11.6. The van der Waals surface area contributed by atoms with Gasteiger partial charge in [0.05, 0.1) is 16.9 Å². The van der Waals surface area contributed by atoms with E-state index in [1.165, 1.54) is 18.3 Å². The number of aryl methyl sites for hydroxylation is 1. The third-order valence-corrected chi connectivity index (χ3v) is 3.61. The molecular formula is C15H15FN4O. The molecule has 0 unspecified atom stereocenters. The molecule has 108 valence electrons. The molecule has 0 aliphatic carbocycles. The second-order valence-corrected chi connectivity index (χ2v) is 5.00. The monoisotopic (exact) mass is 286 g/mol. The molecule has 1 aromatic heterocycles. The molecule has 0 saturated carbocycles. The number of aromatic nitrogens is 1. The molecule has 3 N–H and O–H groups in total. The Morgan fingerprint density at radius 3 is 3.00 bits per heavy atom. The van der Waals surface area contributed by atoms with E-state index < -0.39 is 0 Å². The fourth-order valence-electron chi connectivity index (χ4n) is 2.56. The highest BCUT2D eigenvalue weighted by molar-refractivity contribution is 6.10. The molecular weight excluding hydrogens is 271 g/mol. The van der Waals surface area contributed by atoms with Crippen LogP contribution in [0.4, 0.5) is 15.8 Å². The van der Waals surface area contributed by atoms with Crippen molar-refractivity contribution in [3.63, 3.8) is 0 Å². The Balaban J connectivity index is 2.00. The van der Waals surface area contributed by atoms with Gasteiger partial charge in [-0.3, -0.25) is 15.6 Å².